The first kappa shape index (κ1) is 12.3. The highest BCUT2D eigenvalue weighted by Gasteiger charge is 2.31. The molecule has 3 aromatic rings. The van der Waals surface area contributed by atoms with Crippen molar-refractivity contribution in [1.29, 1.82) is 0 Å². The number of imidazole rings is 1. The number of rotatable bonds is 2. The van der Waals surface area contributed by atoms with Gasteiger partial charge in [-0.1, -0.05) is 6.07 Å². The van der Waals surface area contributed by atoms with Gasteiger partial charge in [0.15, 0.2) is 0 Å². The summed E-state index contributed by atoms with van der Waals surface area (Å²) in [4.78, 5) is 4.54. The van der Waals surface area contributed by atoms with Gasteiger partial charge in [0.05, 0.1) is 11.0 Å². The van der Waals surface area contributed by atoms with E-state index in [1.165, 1.54) is 18.2 Å². The molecule has 21 heavy (non-hydrogen) atoms. The van der Waals surface area contributed by atoms with Crippen LogP contribution in [0.15, 0.2) is 36.4 Å². The van der Waals surface area contributed by atoms with Crippen molar-refractivity contribution in [2.45, 2.75) is 18.8 Å². The Morgan fingerprint density at radius 1 is 1.10 bits per heavy atom. The number of fused-ring (bicyclic) bond motifs is 1. The van der Waals surface area contributed by atoms with Gasteiger partial charge in [-0.05, 0) is 43.2 Å². The molecular weight excluding hydrogens is 272 g/mol. The van der Waals surface area contributed by atoms with Crippen LogP contribution < -0.4 is 5.73 Å². The minimum Gasteiger partial charge on any atom is -0.399 e. The number of nitrogen functional groups attached to an aromatic ring is 1. The Bertz CT molecular complexity index is 830. The average molecular weight is 285 g/mol. The van der Waals surface area contributed by atoms with E-state index in [1.807, 2.05) is 0 Å². The van der Waals surface area contributed by atoms with Crippen molar-refractivity contribution < 1.29 is 8.78 Å². The number of hydrogen-bond acceptors (Lipinski definition) is 2. The number of nitrogens with two attached hydrogens (primary N) is 1. The van der Waals surface area contributed by atoms with Gasteiger partial charge in [0, 0.05) is 11.6 Å². The molecule has 5 heteroatoms. The molecule has 0 unspecified atom stereocenters. The van der Waals surface area contributed by atoms with E-state index in [1.54, 1.807) is 22.8 Å². The van der Waals surface area contributed by atoms with E-state index in [-0.39, 0.29) is 11.6 Å². The Morgan fingerprint density at radius 3 is 2.48 bits per heavy atom. The Kier molecular flexibility index (Phi) is 2.51. The van der Waals surface area contributed by atoms with Gasteiger partial charge in [0.2, 0.25) is 0 Å². The fourth-order valence-electron chi connectivity index (χ4n) is 2.67. The van der Waals surface area contributed by atoms with Crippen molar-refractivity contribution in [2.75, 3.05) is 5.73 Å². The number of anilines is 1. The standard InChI is InChI=1S/C16H13F2N3/c17-11-2-1-3-12(18)15(11)21-14-7-6-10(19)8-13(14)20-16(21)9-4-5-9/h1-3,6-9H,4-5,19H2. The lowest BCUT2D eigenvalue weighted by Crippen LogP contribution is -2.05. The number of nitrogens with zero attached hydrogens (tertiary/aromatic N) is 2. The van der Waals surface area contributed by atoms with E-state index in [0.29, 0.717) is 22.5 Å². The SMILES string of the molecule is Nc1ccc2c(c1)nc(C1CC1)n2-c1c(F)cccc1F. The quantitative estimate of drug-likeness (QED) is 0.728. The second-order valence-corrected chi connectivity index (χ2v) is 5.40. The summed E-state index contributed by atoms with van der Waals surface area (Å²) >= 11 is 0. The fourth-order valence-corrected chi connectivity index (χ4v) is 2.67. The third-order valence-electron chi connectivity index (χ3n) is 3.81. The molecule has 1 aromatic heterocycles. The molecule has 106 valence electrons. The predicted molar refractivity (Wildman–Crippen MR) is 77.4 cm³/mol. The molecule has 1 aliphatic carbocycles. The molecule has 1 aliphatic rings. The number of para-hydroxylation sites is 1. The largest absolute Gasteiger partial charge is 0.399 e. The van der Waals surface area contributed by atoms with Crippen LogP contribution >= 0.6 is 0 Å². The second-order valence-electron chi connectivity index (χ2n) is 5.40. The van der Waals surface area contributed by atoms with Gasteiger partial charge in [0.1, 0.15) is 23.1 Å². The van der Waals surface area contributed by atoms with Crippen LogP contribution in [0.5, 0.6) is 0 Å². The first-order chi connectivity index (χ1) is 10.1. The summed E-state index contributed by atoms with van der Waals surface area (Å²) in [7, 11) is 0. The fraction of sp³-hybridized carbons (Fsp3) is 0.188. The van der Waals surface area contributed by atoms with Crippen LogP contribution in [0, 0.1) is 11.6 Å². The summed E-state index contributed by atoms with van der Waals surface area (Å²) in [5.74, 6) is -0.210. The van der Waals surface area contributed by atoms with Crippen LogP contribution in [0.25, 0.3) is 16.7 Å². The topological polar surface area (TPSA) is 43.8 Å². The third kappa shape index (κ3) is 1.88. The minimum absolute atomic E-state index is 0.0633. The molecular formula is C16H13F2N3. The summed E-state index contributed by atoms with van der Waals surface area (Å²) in [6.45, 7) is 0. The number of halogens is 2. The molecule has 0 spiro atoms. The van der Waals surface area contributed by atoms with E-state index in [2.05, 4.69) is 4.98 Å². The monoisotopic (exact) mass is 285 g/mol. The van der Waals surface area contributed by atoms with Gasteiger partial charge >= 0.3 is 0 Å². The molecule has 0 bridgehead atoms. The van der Waals surface area contributed by atoms with Crippen molar-refractivity contribution in [1.82, 2.24) is 9.55 Å². The van der Waals surface area contributed by atoms with Crippen LogP contribution in [0.3, 0.4) is 0 Å². The molecule has 4 rings (SSSR count). The van der Waals surface area contributed by atoms with Crippen LogP contribution in [-0.4, -0.2) is 9.55 Å². The van der Waals surface area contributed by atoms with E-state index >= 15 is 0 Å². The van der Waals surface area contributed by atoms with Gasteiger partial charge in [-0.25, -0.2) is 13.8 Å². The van der Waals surface area contributed by atoms with Gasteiger partial charge < -0.3 is 5.73 Å². The van der Waals surface area contributed by atoms with E-state index < -0.39 is 11.6 Å². The van der Waals surface area contributed by atoms with E-state index in [9.17, 15) is 8.78 Å². The summed E-state index contributed by atoms with van der Waals surface area (Å²) in [6.07, 6.45) is 1.99. The Labute approximate surface area is 120 Å². The molecule has 2 N–H and O–H groups in total. The Hall–Kier alpha value is -2.43. The van der Waals surface area contributed by atoms with Crippen molar-refractivity contribution in [3.8, 4) is 5.69 Å². The number of benzene rings is 2. The zero-order valence-electron chi connectivity index (χ0n) is 11.2. The highest BCUT2D eigenvalue weighted by molar-refractivity contribution is 5.82. The maximum absolute atomic E-state index is 14.2. The van der Waals surface area contributed by atoms with Crippen molar-refractivity contribution >= 4 is 16.7 Å². The van der Waals surface area contributed by atoms with E-state index in [0.717, 1.165) is 12.8 Å². The number of aromatic nitrogens is 2. The summed E-state index contributed by atoms with van der Waals surface area (Å²) < 4.78 is 29.9. The molecule has 0 radical (unpaired) electrons. The Morgan fingerprint density at radius 2 is 1.81 bits per heavy atom. The Balaban J connectivity index is 2.09. The summed E-state index contributed by atoms with van der Waals surface area (Å²) in [5, 5.41) is 0. The minimum atomic E-state index is -0.590. The van der Waals surface area contributed by atoms with Crippen molar-refractivity contribution in [3.05, 3.63) is 53.9 Å². The van der Waals surface area contributed by atoms with Crippen LogP contribution in [0.2, 0.25) is 0 Å². The molecule has 0 saturated heterocycles. The van der Waals surface area contributed by atoms with Crippen LogP contribution in [-0.2, 0) is 0 Å². The molecule has 2 aromatic carbocycles. The van der Waals surface area contributed by atoms with Crippen molar-refractivity contribution in [2.24, 2.45) is 0 Å². The molecule has 3 nitrogen and oxygen atoms in total. The summed E-state index contributed by atoms with van der Waals surface area (Å²) in [5.41, 5.74) is 7.64. The van der Waals surface area contributed by atoms with Gasteiger partial charge in [-0.2, -0.15) is 0 Å². The van der Waals surface area contributed by atoms with Crippen molar-refractivity contribution in [3.63, 3.8) is 0 Å². The molecule has 0 amide bonds. The summed E-state index contributed by atoms with van der Waals surface area (Å²) in [6, 6.07) is 9.10. The van der Waals surface area contributed by atoms with Crippen LogP contribution in [0.1, 0.15) is 24.6 Å². The molecule has 1 fully saturated rings. The second kappa shape index (κ2) is 4.28. The smallest absolute Gasteiger partial charge is 0.150 e. The highest BCUT2D eigenvalue weighted by atomic mass is 19.1. The normalized spacial score (nSPS) is 14.8. The molecule has 0 aliphatic heterocycles. The molecule has 1 saturated carbocycles. The zero-order valence-corrected chi connectivity index (χ0v) is 11.2. The third-order valence-corrected chi connectivity index (χ3v) is 3.81. The molecule has 0 atom stereocenters. The maximum atomic E-state index is 14.2. The average Bonchev–Trinajstić information content (AvgIpc) is 3.22. The lowest BCUT2D eigenvalue weighted by atomic mass is 10.2. The lowest BCUT2D eigenvalue weighted by molar-refractivity contribution is 0.567. The van der Waals surface area contributed by atoms with Gasteiger partial charge in [0.25, 0.3) is 0 Å². The maximum Gasteiger partial charge on any atom is 0.150 e. The van der Waals surface area contributed by atoms with Gasteiger partial charge in [-0.3, -0.25) is 4.57 Å². The highest BCUT2D eigenvalue weighted by Crippen LogP contribution is 2.42. The van der Waals surface area contributed by atoms with E-state index in [4.69, 9.17) is 5.73 Å². The molecule has 1 heterocycles. The predicted octanol–water partition coefficient (Wildman–Crippen LogP) is 3.76. The number of hydrogen-bond donors (Lipinski definition) is 1. The first-order valence-corrected chi connectivity index (χ1v) is 6.87. The van der Waals surface area contributed by atoms with Gasteiger partial charge in [-0.15, -0.1) is 0 Å². The lowest BCUT2D eigenvalue weighted by Gasteiger charge is -2.11. The zero-order chi connectivity index (χ0) is 14.6. The first-order valence-electron chi connectivity index (χ1n) is 6.87. The van der Waals surface area contributed by atoms with Crippen LogP contribution in [0.4, 0.5) is 14.5 Å².